The zero-order valence-electron chi connectivity index (χ0n) is 16.4. The number of hydrogen-bond acceptors (Lipinski definition) is 2. The van der Waals surface area contributed by atoms with Crippen LogP contribution in [-0.2, 0) is 9.59 Å². The third-order valence-corrected chi connectivity index (χ3v) is 8.66. The summed E-state index contributed by atoms with van der Waals surface area (Å²) in [6.07, 6.45) is 10.00. The molecule has 0 aromatic rings. The number of fused-ring (bicyclic) bond motifs is 4. The molecule has 0 aromatic heterocycles. The van der Waals surface area contributed by atoms with E-state index in [0.29, 0.717) is 23.7 Å². The van der Waals surface area contributed by atoms with E-state index in [4.69, 9.17) is 0 Å². The lowest BCUT2D eigenvalue weighted by Gasteiger charge is -2.46. The lowest BCUT2D eigenvalue weighted by atomic mass is 9.86. The molecular formula is C22H34N2O2. The zero-order chi connectivity index (χ0) is 18.0. The predicted molar refractivity (Wildman–Crippen MR) is 100 cm³/mol. The largest absolute Gasteiger partial charge is 0.336 e. The molecule has 0 aromatic carbocycles. The molecule has 5 fully saturated rings. The van der Waals surface area contributed by atoms with E-state index in [-0.39, 0.29) is 23.9 Å². The molecule has 4 saturated carbocycles. The maximum Gasteiger partial charge on any atom is 0.226 e. The van der Waals surface area contributed by atoms with Crippen molar-refractivity contribution in [3.8, 4) is 0 Å². The van der Waals surface area contributed by atoms with Crippen molar-refractivity contribution in [2.75, 3.05) is 13.1 Å². The average molecular weight is 359 g/mol. The van der Waals surface area contributed by atoms with Gasteiger partial charge in [0.25, 0.3) is 0 Å². The van der Waals surface area contributed by atoms with E-state index in [1.54, 1.807) is 0 Å². The molecule has 2 amide bonds. The Morgan fingerprint density at radius 2 is 1.08 bits per heavy atom. The second-order valence-corrected chi connectivity index (χ2v) is 10.2. The van der Waals surface area contributed by atoms with Crippen LogP contribution >= 0.6 is 0 Å². The van der Waals surface area contributed by atoms with Crippen molar-refractivity contribution in [3.05, 3.63) is 0 Å². The van der Waals surface area contributed by atoms with Gasteiger partial charge in [-0.25, -0.2) is 0 Å². The fourth-order valence-corrected chi connectivity index (χ4v) is 7.26. The summed E-state index contributed by atoms with van der Waals surface area (Å²) in [4.78, 5) is 30.7. The molecule has 4 aliphatic carbocycles. The molecule has 4 nitrogen and oxygen atoms in total. The Morgan fingerprint density at radius 1 is 0.654 bits per heavy atom. The second kappa shape index (κ2) is 6.24. The van der Waals surface area contributed by atoms with Gasteiger partial charge in [-0.3, -0.25) is 9.59 Å². The number of carbonyl (C=O) groups excluding carboxylic acids is 2. The molecule has 0 N–H and O–H groups in total. The van der Waals surface area contributed by atoms with Crippen LogP contribution in [0.1, 0.15) is 65.2 Å². The van der Waals surface area contributed by atoms with Gasteiger partial charge in [0, 0.05) is 37.0 Å². The summed E-state index contributed by atoms with van der Waals surface area (Å²) in [5, 5.41) is 0. The monoisotopic (exact) mass is 358 g/mol. The number of rotatable bonds is 2. The third-order valence-electron chi connectivity index (χ3n) is 8.66. The van der Waals surface area contributed by atoms with Crippen molar-refractivity contribution in [3.63, 3.8) is 0 Å². The first-order valence-corrected chi connectivity index (χ1v) is 11.1. The highest BCUT2D eigenvalue weighted by molar-refractivity contribution is 5.82. The minimum atomic E-state index is 0.167. The number of hydrogen-bond donors (Lipinski definition) is 0. The molecular weight excluding hydrogens is 324 g/mol. The molecule has 5 aliphatic rings. The van der Waals surface area contributed by atoms with Gasteiger partial charge in [-0.05, 0) is 76.0 Å². The van der Waals surface area contributed by atoms with Crippen molar-refractivity contribution in [2.45, 2.75) is 77.3 Å². The van der Waals surface area contributed by atoms with Crippen LogP contribution in [-0.4, -0.2) is 46.8 Å². The second-order valence-electron chi connectivity index (χ2n) is 10.2. The van der Waals surface area contributed by atoms with Crippen LogP contribution in [0.15, 0.2) is 0 Å². The molecule has 0 radical (unpaired) electrons. The molecule has 1 heterocycles. The Morgan fingerprint density at radius 3 is 1.38 bits per heavy atom. The normalized spacial score (nSPS) is 47.0. The Balaban J connectivity index is 1.25. The maximum atomic E-state index is 13.2. The van der Waals surface area contributed by atoms with Gasteiger partial charge in [-0.15, -0.1) is 0 Å². The van der Waals surface area contributed by atoms with Crippen molar-refractivity contribution in [1.82, 2.24) is 9.80 Å². The van der Waals surface area contributed by atoms with Gasteiger partial charge in [0.1, 0.15) is 0 Å². The molecule has 4 bridgehead atoms. The minimum absolute atomic E-state index is 0.167. The fraction of sp³-hybridized carbons (Fsp3) is 0.909. The van der Waals surface area contributed by atoms with Crippen LogP contribution in [0.4, 0.5) is 0 Å². The first kappa shape index (κ1) is 17.1. The summed E-state index contributed by atoms with van der Waals surface area (Å²) in [6.45, 7) is 5.77. The highest BCUT2D eigenvalue weighted by atomic mass is 16.2. The third kappa shape index (κ3) is 2.62. The predicted octanol–water partition coefficient (Wildman–Crippen LogP) is 3.31. The van der Waals surface area contributed by atoms with Crippen LogP contribution in [0.5, 0.6) is 0 Å². The van der Waals surface area contributed by atoms with Gasteiger partial charge >= 0.3 is 0 Å². The van der Waals surface area contributed by atoms with Crippen molar-refractivity contribution < 1.29 is 9.59 Å². The molecule has 0 unspecified atom stereocenters. The number of carbonyl (C=O) groups is 2. The first-order valence-electron chi connectivity index (χ1n) is 11.1. The highest BCUT2D eigenvalue weighted by Gasteiger charge is 2.48. The Kier molecular flexibility index (Phi) is 4.09. The van der Waals surface area contributed by atoms with Crippen molar-refractivity contribution in [2.24, 2.45) is 35.5 Å². The maximum absolute atomic E-state index is 13.2. The van der Waals surface area contributed by atoms with Gasteiger partial charge in [-0.1, -0.05) is 12.8 Å². The van der Waals surface area contributed by atoms with Crippen molar-refractivity contribution in [1.29, 1.82) is 0 Å². The van der Waals surface area contributed by atoms with Crippen LogP contribution in [0.25, 0.3) is 0 Å². The van der Waals surface area contributed by atoms with E-state index in [1.165, 1.54) is 38.5 Å². The van der Waals surface area contributed by atoms with Gasteiger partial charge in [-0.2, -0.15) is 0 Å². The first-order chi connectivity index (χ1) is 12.5. The summed E-state index contributed by atoms with van der Waals surface area (Å²) >= 11 is 0. The molecule has 5 rings (SSSR count). The summed E-state index contributed by atoms with van der Waals surface area (Å²) < 4.78 is 0. The summed E-state index contributed by atoms with van der Waals surface area (Å²) in [5.74, 6) is 4.23. The van der Waals surface area contributed by atoms with Gasteiger partial charge < -0.3 is 9.80 Å². The van der Waals surface area contributed by atoms with Crippen LogP contribution in [0, 0.1) is 35.5 Å². The van der Waals surface area contributed by atoms with Gasteiger partial charge in [0.05, 0.1) is 0 Å². The van der Waals surface area contributed by atoms with E-state index >= 15 is 0 Å². The molecule has 8 atom stereocenters. The molecule has 1 aliphatic heterocycles. The van der Waals surface area contributed by atoms with E-state index < -0.39 is 0 Å². The van der Waals surface area contributed by atoms with Crippen LogP contribution in [0.2, 0.25) is 0 Å². The van der Waals surface area contributed by atoms with Crippen LogP contribution < -0.4 is 0 Å². The molecule has 0 spiro atoms. The Labute approximate surface area is 157 Å². The smallest absolute Gasteiger partial charge is 0.226 e. The Hall–Kier alpha value is -1.06. The van der Waals surface area contributed by atoms with Crippen LogP contribution in [0.3, 0.4) is 0 Å². The SMILES string of the molecule is C[C@@H]1CN(C(=O)[C@@H]2C[C@@H]3CC[C@@H]2C3)[C@H](C)CN1C(=O)[C@@H]1C[C@@H]2CC[C@@H]1C2. The zero-order valence-corrected chi connectivity index (χ0v) is 16.4. The summed E-state index contributed by atoms with van der Waals surface area (Å²) in [6, 6.07) is 0.334. The molecule has 26 heavy (non-hydrogen) atoms. The molecule has 144 valence electrons. The Bertz CT molecular complexity index is 553. The van der Waals surface area contributed by atoms with Crippen molar-refractivity contribution >= 4 is 11.8 Å². The number of nitrogens with zero attached hydrogens (tertiary/aromatic N) is 2. The fourth-order valence-electron chi connectivity index (χ4n) is 7.26. The van der Waals surface area contributed by atoms with E-state index in [9.17, 15) is 9.59 Å². The lowest BCUT2D eigenvalue weighted by molar-refractivity contribution is -0.152. The van der Waals surface area contributed by atoms with Gasteiger partial charge in [0.15, 0.2) is 0 Å². The standard InChI is InChI=1S/C22H34N2O2/c1-13-11-24(22(26)20-10-16-4-6-18(20)8-16)14(2)12-23(13)21(25)19-9-15-3-5-17(19)7-15/h13-20H,3-12H2,1-2H3/t13-,14-,15-,16-,17-,18-,19-,20-/m1/s1. The van der Waals surface area contributed by atoms with E-state index in [1.807, 2.05) is 0 Å². The topological polar surface area (TPSA) is 40.6 Å². The highest BCUT2D eigenvalue weighted by Crippen LogP contribution is 2.50. The number of amides is 2. The molecule has 1 saturated heterocycles. The molecule has 4 heteroatoms. The average Bonchev–Trinajstić information content (AvgIpc) is 3.42. The summed E-state index contributed by atoms with van der Waals surface area (Å²) in [7, 11) is 0. The van der Waals surface area contributed by atoms with E-state index in [0.717, 1.165) is 37.8 Å². The van der Waals surface area contributed by atoms with E-state index in [2.05, 4.69) is 23.6 Å². The number of piperazine rings is 1. The van der Waals surface area contributed by atoms with Gasteiger partial charge in [0.2, 0.25) is 11.8 Å². The summed E-state index contributed by atoms with van der Waals surface area (Å²) in [5.41, 5.74) is 0. The lowest BCUT2D eigenvalue weighted by Crippen LogP contribution is -2.61. The minimum Gasteiger partial charge on any atom is -0.336 e. The quantitative estimate of drug-likeness (QED) is 0.760.